The Morgan fingerprint density at radius 1 is 1.00 bits per heavy atom. The Morgan fingerprint density at radius 2 is 1.83 bits per heavy atom. The molecule has 128 valence electrons. The number of hydrogen-bond acceptors (Lipinski definition) is 2. The minimum absolute atomic E-state index is 0.133. The largest absolute Gasteiger partial charge is 0.431 e. The van der Waals surface area contributed by atoms with Gasteiger partial charge in [-0.2, -0.15) is 0 Å². The Morgan fingerprint density at radius 3 is 2.61 bits per heavy atom. The summed E-state index contributed by atoms with van der Waals surface area (Å²) in [5, 5.41) is 0. The normalized spacial score (nSPS) is 46.0. The molecule has 4 rings (SSSR count). The van der Waals surface area contributed by atoms with E-state index in [0.717, 1.165) is 29.9 Å². The van der Waals surface area contributed by atoms with Crippen molar-refractivity contribution < 1.29 is 9.53 Å². The Kier molecular flexibility index (Phi) is 3.66. The van der Waals surface area contributed by atoms with Gasteiger partial charge in [-0.15, -0.1) is 0 Å². The maximum atomic E-state index is 11.5. The number of carbonyl (C=O) groups is 1. The summed E-state index contributed by atoms with van der Waals surface area (Å²) < 4.78 is 5.65. The Labute approximate surface area is 141 Å². The van der Waals surface area contributed by atoms with Crippen molar-refractivity contribution in [2.75, 3.05) is 0 Å². The van der Waals surface area contributed by atoms with E-state index in [2.05, 4.69) is 13.8 Å². The molecule has 0 aromatic heterocycles. The van der Waals surface area contributed by atoms with E-state index in [1.807, 2.05) is 0 Å². The number of hydrogen-bond donors (Lipinski definition) is 0. The smallest absolute Gasteiger partial charge is 0.307 e. The molecule has 0 unspecified atom stereocenters. The molecule has 2 nitrogen and oxygen atoms in total. The van der Waals surface area contributed by atoms with Crippen LogP contribution in [0.1, 0.15) is 85.0 Å². The average molecular weight is 316 g/mol. The summed E-state index contributed by atoms with van der Waals surface area (Å²) in [6.45, 7) is 6.62. The molecule has 0 spiro atoms. The fourth-order valence-corrected chi connectivity index (χ4v) is 7.14. The van der Waals surface area contributed by atoms with Gasteiger partial charge in [0.15, 0.2) is 0 Å². The molecule has 0 saturated heterocycles. The third kappa shape index (κ3) is 2.31. The highest BCUT2D eigenvalue weighted by molar-refractivity contribution is 5.67. The van der Waals surface area contributed by atoms with Crippen LogP contribution in [0.4, 0.5) is 0 Å². The topological polar surface area (TPSA) is 26.3 Å². The molecular formula is C21H32O2. The molecule has 0 N–H and O–H groups in total. The van der Waals surface area contributed by atoms with Gasteiger partial charge in [-0.25, -0.2) is 0 Å². The van der Waals surface area contributed by atoms with Gasteiger partial charge in [0.2, 0.25) is 0 Å². The van der Waals surface area contributed by atoms with Gasteiger partial charge >= 0.3 is 5.97 Å². The van der Waals surface area contributed by atoms with Gasteiger partial charge in [0, 0.05) is 13.3 Å². The molecule has 0 radical (unpaired) electrons. The maximum absolute atomic E-state index is 11.5. The fourth-order valence-electron chi connectivity index (χ4n) is 7.14. The zero-order valence-corrected chi connectivity index (χ0v) is 15.1. The molecule has 0 bridgehead atoms. The van der Waals surface area contributed by atoms with Crippen LogP contribution in [0.15, 0.2) is 11.3 Å². The van der Waals surface area contributed by atoms with Crippen LogP contribution in [0.5, 0.6) is 0 Å². The van der Waals surface area contributed by atoms with Crippen molar-refractivity contribution in [2.45, 2.75) is 85.0 Å². The van der Waals surface area contributed by atoms with Crippen LogP contribution < -0.4 is 0 Å². The van der Waals surface area contributed by atoms with Crippen LogP contribution in [-0.2, 0) is 9.53 Å². The molecule has 3 saturated carbocycles. The van der Waals surface area contributed by atoms with Gasteiger partial charge in [0.05, 0.1) is 0 Å². The first-order valence-electron chi connectivity index (χ1n) is 9.85. The quantitative estimate of drug-likeness (QED) is 0.587. The molecule has 0 aliphatic heterocycles. The maximum Gasteiger partial charge on any atom is 0.307 e. The lowest BCUT2D eigenvalue weighted by Crippen LogP contribution is -2.49. The number of carbonyl (C=O) groups excluding carboxylic acids is 1. The molecule has 0 heterocycles. The zero-order chi connectivity index (χ0) is 16.2. The summed E-state index contributed by atoms with van der Waals surface area (Å²) in [5.74, 6) is 3.61. The van der Waals surface area contributed by atoms with Crippen molar-refractivity contribution in [3.8, 4) is 0 Å². The second-order valence-electron chi connectivity index (χ2n) is 9.27. The summed E-state index contributed by atoms with van der Waals surface area (Å²) in [6.07, 6.45) is 13.2. The molecule has 4 aliphatic carbocycles. The third-order valence-corrected chi connectivity index (χ3v) is 8.16. The van der Waals surface area contributed by atoms with E-state index in [0.29, 0.717) is 10.8 Å². The Bertz CT molecular complexity index is 548. The molecule has 23 heavy (non-hydrogen) atoms. The first-order valence-corrected chi connectivity index (χ1v) is 9.85. The van der Waals surface area contributed by atoms with E-state index in [-0.39, 0.29) is 5.97 Å². The molecule has 5 atom stereocenters. The number of esters is 1. The summed E-state index contributed by atoms with van der Waals surface area (Å²) >= 11 is 0. The van der Waals surface area contributed by atoms with Crippen LogP contribution in [0.3, 0.4) is 0 Å². The van der Waals surface area contributed by atoms with Gasteiger partial charge < -0.3 is 4.74 Å². The van der Waals surface area contributed by atoms with E-state index in [1.165, 1.54) is 63.4 Å². The van der Waals surface area contributed by atoms with Gasteiger partial charge in [-0.05, 0) is 85.5 Å². The van der Waals surface area contributed by atoms with E-state index < -0.39 is 0 Å². The molecular weight excluding hydrogens is 284 g/mol. The van der Waals surface area contributed by atoms with Crippen LogP contribution >= 0.6 is 0 Å². The predicted molar refractivity (Wildman–Crippen MR) is 91.6 cm³/mol. The van der Waals surface area contributed by atoms with Crippen molar-refractivity contribution >= 4 is 5.97 Å². The van der Waals surface area contributed by atoms with Crippen LogP contribution in [0.25, 0.3) is 0 Å². The standard InChI is InChI=1S/C21H32O2/c1-14(22)23-19-7-5-12-21(3)17-10-13-20(2)11-4-6-16(20)15(17)8-9-18(19)21/h15-17H,4-13H2,1-3H3/t15-,16-,17-,20-,21+/m0/s1. The highest BCUT2D eigenvalue weighted by atomic mass is 16.5. The molecule has 0 aromatic carbocycles. The molecule has 3 fully saturated rings. The lowest BCUT2D eigenvalue weighted by Gasteiger charge is -2.57. The molecule has 2 heteroatoms. The van der Waals surface area contributed by atoms with E-state index >= 15 is 0 Å². The number of allylic oxidation sites excluding steroid dienone is 2. The van der Waals surface area contributed by atoms with Crippen molar-refractivity contribution in [2.24, 2.45) is 28.6 Å². The molecule has 4 aliphatic rings. The molecule has 0 aromatic rings. The Balaban J connectivity index is 1.68. The fraction of sp³-hybridized carbons (Fsp3) is 0.857. The van der Waals surface area contributed by atoms with Crippen LogP contribution in [0.2, 0.25) is 0 Å². The van der Waals surface area contributed by atoms with Gasteiger partial charge in [-0.3, -0.25) is 4.79 Å². The van der Waals surface area contributed by atoms with E-state index in [9.17, 15) is 4.79 Å². The monoisotopic (exact) mass is 316 g/mol. The average Bonchev–Trinajstić information content (AvgIpc) is 2.88. The number of fused-ring (bicyclic) bond motifs is 5. The summed E-state index contributed by atoms with van der Waals surface area (Å²) in [4.78, 5) is 11.5. The van der Waals surface area contributed by atoms with Crippen LogP contribution in [0, 0.1) is 28.6 Å². The highest BCUT2D eigenvalue weighted by Crippen LogP contribution is 2.65. The van der Waals surface area contributed by atoms with Crippen molar-refractivity contribution in [3.05, 3.63) is 11.3 Å². The second-order valence-corrected chi connectivity index (χ2v) is 9.27. The molecule has 0 amide bonds. The first kappa shape index (κ1) is 15.7. The number of ether oxygens (including phenoxy) is 1. The number of rotatable bonds is 1. The van der Waals surface area contributed by atoms with Gasteiger partial charge in [-0.1, -0.05) is 20.3 Å². The zero-order valence-electron chi connectivity index (χ0n) is 15.1. The van der Waals surface area contributed by atoms with Crippen molar-refractivity contribution in [1.82, 2.24) is 0 Å². The lowest BCUT2D eigenvalue weighted by molar-refractivity contribution is -0.137. The summed E-state index contributed by atoms with van der Waals surface area (Å²) in [7, 11) is 0. The van der Waals surface area contributed by atoms with Crippen molar-refractivity contribution in [3.63, 3.8) is 0 Å². The second kappa shape index (κ2) is 5.36. The van der Waals surface area contributed by atoms with Gasteiger partial charge in [0.1, 0.15) is 5.76 Å². The summed E-state index contributed by atoms with van der Waals surface area (Å²) in [5.41, 5.74) is 2.45. The SMILES string of the molecule is CC(=O)OC1=C2CC[C@H]3[C@@H]4CCC[C@@]4(C)CC[C@@H]3[C@@]2(C)CCC1. The highest BCUT2D eigenvalue weighted by Gasteiger charge is 2.56. The summed E-state index contributed by atoms with van der Waals surface area (Å²) in [6, 6.07) is 0. The first-order chi connectivity index (χ1) is 10.9. The lowest BCUT2D eigenvalue weighted by atomic mass is 9.47. The van der Waals surface area contributed by atoms with Crippen LogP contribution in [-0.4, -0.2) is 5.97 Å². The predicted octanol–water partition coefficient (Wildman–Crippen LogP) is 5.62. The van der Waals surface area contributed by atoms with Gasteiger partial charge in [0.25, 0.3) is 0 Å². The van der Waals surface area contributed by atoms with E-state index in [4.69, 9.17) is 4.74 Å². The van der Waals surface area contributed by atoms with E-state index in [1.54, 1.807) is 6.92 Å². The Hall–Kier alpha value is -0.790. The third-order valence-electron chi connectivity index (χ3n) is 8.16. The minimum atomic E-state index is -0.133. The van der Waals surface area contributed by atoms with Crippen molar-refractivity contribution in [1.29, 1.82) is 0 Å². The minimum Gasteiger partial charge on any atom is -0.431 e.